The third-order valence-corrected chi connectivity index (χ3v) is 15.8. The van der Waals surface area contributed by atoms with E-state index in [-0.39, 0.29) is 0 Å². The number of benzene rings is 8. The van der Waals surface area contributed by atoms with Crippen LogP contribution < -0.4 is 5.32 Å². The van der Waals surface area contributed by atoms with Gasteiger partial charge in [-0.05, 0) is 71.6 Å². The van der Waals surface area contributed by atoms with Crippen LogP contribution in [0.25, 0.3) is 96.0 Å². The normalized spacial score (nSPS) is 16.7. The quantitative estimate of drug-likeness (QED) is 0.192. The van der Waals surface area contributed by atoms with E-state index in [0.717, 1.165) is 73.5 Å². The van der Waals surface area contributed by atoms with Crippen LogP contribution in [0.15, 0.2) is 184 Å². The van der Waals surface area contributed by atoms with Crippen molar-refractivity contribution in [2.24, 2.45) is 9.98 Å². The lowest BCUT2D eigenvalue weighted by atomic mass is 9.88. The molecule has 0 fully saturated rings. The second kappa shape index (κ2) is 13.3. The van der Waals surface area contributed by atoms with Gasteiger partial charge in [0.05, 0.1) is 16.7 Å². The molecule has 14 rings (SSSR count). The summed E-state index contributed by atoms with van der Waals surface area (Å²) in [6, 6.07) is 59.1. The first-order chi connectivity index (χ1) is 31.1. The van der Waals surface area contributed by atoms with Crippen LogP contribution in [-0.2, 0) is 0 Å². The third-order valence-electron chi connectivity index (χ3n) is 13.2. The van der Waals surface area contributed by atoms with Gasteiger partial charge in [-0.3, -0.25) is 0 Å². The lowest BCUT2D eigenvalue weighted by molar-refractivity contribution is 0.668. The predicted octanol–water partition coefficient (Wildman–Crippen LogP) is 15.5. The number of allylic oxidation sites excluding steroid dienone is 1. The number of hydrogen-bond donors (Lipinski definition) is 1. The van der Waals surface area contributed by atoms with Crippen molar-refractivity contribution in [1.82, 2.24) is 9.88 Å². The molecular weight excluding hydrogens is 809 g/mol. The molecule has 0 saturated carbocycles. The number of amidine groups is 2. The lowest BCUT2D eigenvalue weighted by Gasteiger charge is -2.27. The largest absolute Gasteiger partial charge is 0.456 e. The highest BCUT2D eigenvalue weighted by molar-refractivity contribution is 7.25. The Hall–Kier alpha value is -7.32. The summed E-state index contributed by atoms with van der Waals surface area (Å²) >= 11 is 3.74. The summed E-state index contributed by atoms with van der Waals surface area (Å²) in [6.07, 6.45) is 2.90. The molecule has 0 amide bonds. The molecule has 63 heavy (non-hydrogen) atoms. The van der Waals surface area contributed by atoms with E-state index in [1.54, 1.807) is 0 Å². The number of para-hydroxylation sites is 2. The second-order valence-corrected chi connectivity index (χ2v) is 19.1. The molecule has 0 saturated heterocycles. The highest BCUT2D eigenvalue weighted by Crippen LogP contribution is 2.47. The van der Waals surface area contributed by atoms with Crippen LogP contribution in [-0.4, -0.2) is 16.2 Å². The van der Waals surface area contributed by atoms with E-state index in [9.17, 15) is 0 Å². The molecule has 0 spiro atoms. The summed E-state index contributed by atoms with van der Waals surface area (Å²) in [4.78, 5) is 12.7. The van der Waals surface area contributed by atoms with E-state index in [4.69, 9.17) is 14.4 Å². The van der Waals surface area contributed by atoms with Crippen molar-refractivity contribution in [2.75, 3.05) is 0 Å². The van der Waals surface area contributed by atoms with E-state index in [0.29, 0.717) is 5.92 Å². The van der Waals surface area contributed by atoms with E-state index in [1.165, 1.54) is 62.2 Å². The minimum Gasteiger partial charge on any atom is -0.456 e. The molecule has 2 atom stereocenters. The predicted molar refractivity (Wildman–Crippen MR) is 268 cm³/mol. The number of aromatic nitrogens is 1. The molecule has 4 aromatic heterocycles. The standard InChI is InChI=1S/C56H36N4OS2/c1-31-25-26-40(52-38-18-7-11-23-48(38)63-53(31)52)55-57-54(39-19-12-24-49-51(39)37-17-6-10-22-47(37)62-49)58-56(59-55)42-29-34(30-46-50(42)36-16-5-9-21-45(36)61-46)60-43-20-8-4-15-35(43)41-27-32-13-2-3-14-33(32)28-44(41)60/h2-24,26-31,54H,25H2,1H3,(H,57,58,59). The van der Waals surface area contributed by atoms with Crippen molar-refractivity contribution in [3.8, 4) is 5.69 Å². The molecule has 2 aliphatic rings. The van der Waals surface area contributed by atoms with Gasteiger partial charge in [0.15, 0.2) is 5.84 Å². The minimum absolute atomic E-state index is 0.408. The Kier molecular flexibility index (Phi) is 7.47. The van der Waals surface area contributed by atoms with E-state index >= 15 is 0 Å². The third kappa shape index (κ3) is 5.21. The zero-order valence-electron chi connectivity index (χ0n) is 34.1. The van der Waals surface area contributed by atoms with Crippen molar-refractivity contribution < 1.29 is 4.42 Å². The molecule has 8 aromatic carbocycles. The summed E-state index contributed by atoms with van der Waals surface area (Å²) in [5, 5.41) is 14.6. The van der Waals surface area contributed by atoms with Gasteiger partial charge in [0.25, 0.3) is 0 Å². The fourth-order valence-corrected chi connectivity index (χ4v) is 12.8. The first kappa shape index (κ1) is 35.3. The topological polar surface area (TPSA) is 54.8 Å². The molecule has 5 heterocycles. The summed E-state index contributed by atoms with van der Waals surface area (Å²) < 4.78 is 13.0. The molecule has 0 bridgehead atoms. The molecule has 7 heteroatoms. The number of nitrogens with one attached hydrogen (secondary N) is 1. The highest BCUT2D eigenvalue weighted by Gasteiger charge is 2.32. The molecular formula is C56H36N4OS2. The SMILES string of the molecule is CC1CC=C(C2=NC(c3cccc4sc5ccccc5c34)NC(c3cc(-n4c5ccccc5c5cc6ccccc6cc54)cc4oc5ccccc5c34)=N2)c2c1sc1ccccc21. The average Bonchev–Trinajstić information content (AvgIpc) is 4.10. The molecule has 1 N–H and O–H groups in total. The van der Waals surface area contributed by atoms with Crippen LogP contribution in [0.5, 0.6) is 0 Å². The second-order valence-electron chi connectivity index (χ2n) is 16.9. The van der Waals surface area contributed by atoms with Crippen LogP contribution >= 0.6 is 22.7 Å². The molecule has 1 aliphatic carbocycles. The van der Waals surface area contributed by atoms with Crippen molar-refractivity contribution in [3.63, 3.8) is 0 Å². The van der Waals surface area contributed by atoms with Crippen molar-refractivity contribution in [2.45, 2.75) is 25.4 Å². The smallest absolute Gasteiger partial charge is 0.159 e. The maximum Gasteiger partial charge on any atom is 0.159 e. The van der Waals surface area contributed by atoms with Crippen LogP contribution in [0.4, 0.5) is 0 Å². The van der Waals surface area contributed by atoms with Gasteiger partial charge in [0.2, 0.25) is 0 Å². The molecule has 0 radical (unpaired) electrons. The molecule has 1 aliphatic heterocycles. The van der Waals surface area contributed by atoms with E-state index in [1.807, 2.05) is 28.7 Å². The summed E-state index contributed by atoms with van der Waals surface area (Å²) in [6.45, 7) is 2.34. The van der Waals surface area contributed by atoms with Gasteiger partial charge in [0.1, 0.15) is 23.2 Å². The zero-order valence-corrected chi connectivity index (χ0v) is 35.7. The minimum atomic E-state index is -0.417. The number of fused-ring (bicyclic) bond motifs is 13. The van der Waals surface area contributed by atoms with Crippen molar-refractivity contribution in [3.05, 3.63) is 191 Å². The van der Waals surface area contributed by atoms with Crippen molar-refractivity contribution in [1.29, 1.82) is 0 Å². The van der Waals surface area contributed by atoms with Crippen LogP contribution in [0.1, 0.15) is 47.0 Å². The fourth-order valence-electron chi connectivity index (χ4n) is 10.4. The number of nitrogens with zero attached hydrogens (tertiary/aromatic N) is 3. The summed E-state index contributed by atoms with van der Waals surface area (Å²) in [5.74, 6) is 1.93. The maximum absolute atomic E-state index is 6.83. The van der Waals surface area contributed by atoms with Crippen LogP contribution in [0.3, 0.4) is 0 Å². The number of rotatable bonds is 4. The fraction of sp³-hybridized carbons (Fsp3) is 0.0714. The molecule has 2 unspecified atom stereocenters. The van der Waals surface area contributed by atoms with Gasteiger partial charge in [-0.1, -0.05) is 122 Å². The maximum atomic E-state index is 6.83. The summed E-state index contributed by atoms with van der Waals surface area (Å²) in [7, 11) is 0. The zero-order chi connectivity index (χ0) is 41.3. The van der Waals surface area contributed by atoms with Gasteiger partial charge in [-0.25, -0.2) is 9.98 Å². The van der Waals surface area contributed by atoms with Gasteiger partial charge >= 0.3 is 0 Å². The Morgan fingerprint density at radius 3 is 2.19 bits per heavy atom. The Bertz CT molecular complexity index is 4020. The average molecular weight is 845 g/mol. The van der Waals surface area contributed by atoms with Gasteiger partial charge < -0.3 is 14.3 Å². The van der Waals surface area contributed by atoms with Gasteiger partial charge in [0, 0.05) is 85.0 Å². The molecule has 5 nitrogen and oxygen atoms in total. The number of furan rings is 1. The Morgan fingerprint density at radius 2 is 1.32 bits per heavy atom. The van der Waals surface area contributed by atoms with E-state index < -0.39 is 6.17 Å². The van der Waals surface area contributed by atoms with Gasteiger partial charge in [-0.2, -0.15) is 0 Å². The molecule has 298 valence electrons. The monoisotopic (exact) mass is 844 g/mol. The van der Waals surface area contributed by atoms with Gasteiger partial charge in [-0.15, -0.1) is 22.7 Å². The highest BCUT2D eigenvalue weighted by atomic mass is 32.1. The van der Waals surface area contributed by atoms with Crippen molar-refractivity contribution >= 4 is 125 Å². The number of aliphatic imine (C=N–C) groups is 2. The number of thiophene rings is 2. The Labute approximate surface area is 369 Å². The summed E-state index contributed by atoms with van der Waals surface area (Å²) in [5.41, 5.74) is 9.41. The first-order valence-electron chi connectivity index (χ1n) is 21.6. The first-order valence-corrected chi connectivity index (χ1v) is 23.2. The van der Waals surface area contributed by atoms with E-state index in [2.05, 4.69) is 181 Å². The molecule has 12 aromatic rings. The van der Waals surface area contributed by atoms with Crippen LogP contribution in [0, 0.1) is 0 Å². The Morgan fingerprint density at radius 1 is 0.603 bits per heavy atom. The lowest BCUT2D eigenvalue weighted by Crippen LogP contribution is -2.34. The Balaban J connectivity index is 1.06. The number of hydrogen-bond acceptors (Lipinski definition) is 6. The van der Waals surface area contributed by atoms with Crippen LogP contribution in [0.2, 0.25) is 0 Å².